The molecule has 4 rings (SSSR count). The standard InChI is InChI=1S/C20H17BrN4O2/c21-17-13-22-24(14-17)11-12-25-18(26)20(23-19(25)27,15-7-3-1-4-8-15)16-9-5-2-6-10-16/h1-10,13-14H,11-12H2,(H,23,27). The highest BCUT2D eigenvalue weighted by atomic mass is 79.9. The molecule has 1 N–H and O–H groups in total. The average Bonchev–Trinajstić information content (AvgIpc) is 3.23. The van der Waals surface area contributed by atoms with Crippen LogP contribution in [-0.4, -0.2) is 33.2 Å². The lowest BCUT2D eigenvalue weighted by molar-refractivity contribution is -0.130. The Hall–Kier alpha value is -2.93. The molecule has 2 heterocycles. The average molecular weight is 425 g/mol. The fraction of sp³-hybridized carbons (Fsp3) is 0.150. The van der Waals surface area contributed by atoms with Gasteiger partial charge in [0.2, 0.25) is 0 Å². The molecule has 0 aliphatic carbocycles. The summed E-state index contributed by atoms with van der Waals surface area (Å²) < 4.78 is 2.54. The minimum absolute atomic E-state index is 0.236. The summed E-state index contributed by atoms with van der Waals surface area (Å²) in [5.74, 6) is -0.281. The Labute approximate surface area is 164 Å². The summed E-state index contributed by atoms with van der Waals surface area (Å²) in [6.45, 7) is 0.657. The van der Waals surface area contributed by atoms with Gasteiger partial charge < -0.3 is 5.32 Å². The van der Waals surface area contributed by atoms with E-state index in [1.807, 2.05) is 60.7 Å². The third-order valence-corrected chi connectivity index (χ3v) is 5.08. The van der Waals surface area contributed by atoms with Crippen LogP contribution in [0.4, 0.5) is 4.79 Å². The Balaban J connectivity index is 1.70. The molecular formula is C20H17BrN4O2. The van der Waals surface area contributed by atoms with E-state index in [9.17, 15) is 9.59 Å². The number of benzene rings is 2. The summed E-state index contributed by atoms with van der Waals surface area (Å²) in [5, 5.41) is 7.12. The van der Waals surface area contributed by atoms with E-state index in [1.165, 1.54) is 4.90 Å². The van der Waals surface area contributed by atoms with Gasteiger partial charge in [-0.25, -0.2) is 4.79 Å². The van der Waals surface area contributed by atoms with Crippen molar-refractivity contribution in [2.24, 2.45) is 0 Å². The SMILES string of the molecule is O=C1NC(c2ccccc2)(c2ccccc2)C(=O)N1CCn1cc(Br)cn1. The topological polar surface area (TPSA) is 67.2 Å². The molecule has 27 heavy (non-hydrogen) atoms. The molecule has 6 nitrogen and oxygen atoms in total. The van der Waals surface area contributed by atoms with Gasteiger partial charge in [-0.3, -0.25) is 14.4 Å². The first-order valence-corrected chi connectivity index (χ1v) is 9.34. The Kier molecular flexibility index (Phi) is 4.53. The van der Waals surface area contributed by atoms with Gasteiger partial charge in [-0.15, -0.1) is 0 Å². The lowest BCUT2D eigenvalue weighted by Crippen LogP contribution is -2.45. The zero-order valence-electron chi connectivity index (χ0n) is 14.4. The van der Waals surface area contributed by atoms with Crippen LogP contribution < -0.4 is 5.32 Å². The van der Waals surface area contributed by atoms with E-state index in [1.54, 1.807) is 17.1 Å². The molecule has 1 aliphatic heterocycles. The second kappa shape index (κ2) is 7.00. The summed E-state index contributed by atoms with van der Waals surface area (Å²) >= 11 is 3.35. The number of hydrogen-bond donors (Lipinski definition) is 1. The van der Waals surface area contributed by atoms with Crippen LogP contribution in [0.3, 0.4) is 0 Å². The summed E-state index contributed by atoms with van der Waals surface area (Å²) in [6.07, 6.45) is 3.48. The Morgan fingerprint density at radius 1 is 0.926 bits per heavy atom. The minimum Gasteiger partial charge on any atom is -0.315 e. The second-order valence-electron chi connectivity index (χ2n) is 6.29. The van der Waals surface area contributed by atoms with Gasteiger partial charge in [-0.2, -0.15) is 5.10 Å². The number of nitrogens with zero attached hydrogens (tertiary/aromatic N) is 3. The normalized spacial score (nSPS) is 15.8. The molecule has 3 aromatic rings. The smallest absolute Gasteiger partial charge is 0.315 e. The van der Waals surface area contributed by atoms with Gasteiger partial charge in [0, 0.05) is 6.20 Å². The van der Waals surface area contributed by atoms with Crippen LogP contribution in [0.25, 0.3) is 0 Å². The van der Waals surface area contributed by atoms with Gasteiger partial charge in [0.1, 0.15) is 0 Å². The quantitative estimate of drug-likeness (QED) is 0.639. The van der Waals surface area contributed by atoms with Gasteiger partial charge in [0.25, 0.3) is 5.91 Å². The number of aromatic nitrogens is 2. The van der Waals surface area contributed by atoms with E-state index >= 15 is 0 Å². The van der Waals surface area contributed by atoms with Crippen LogP contribution >= 0.6 is 15.9 Å². The summed E-state index contributed by atoms with van der Waals surface area (Å²) in [7, 11) is 0. The maximum atomic E-state index is 13.5. The minimum atomic E-state index is -1.22. The molecule has 0 unspecified atom stereocenters. The largest absolute Gasteiger partial charge is 0.325 e. The molecular weight excluding hydrogens is 408 g/mol. The van der Waals surface area contributed by atoms with Crippen molar-refractivity contribution in [2.75, 3.05) is 6.54 Å². The Morgan fingerprint density at radius 2 is 1.52 bits per heavy atom. The van der Waals surface area contributed by atoms with Crippen LogP contribution in [0.2, 0.25) is 0 Å². The van der Waals surface area contributed by atoms with Gasteiger partial charge in [-0.05, 0) is 27.1 Å². The van der Waals surface area contributed by atoms with Crippen molar-refractivity contribution in [3.05, 3.63) is 88.7 Å². The molecule has 0 atom stereocenters. The van der Waals surface area contributed by atoms with Gasteiger partial charge in [0.15, 0.2) is 5.54 Å². The number of imide groups is 1. The number of amides is 3. The lowest BCUT2D eigenvalue weighted by Gasteiger charge is -2.28. The zero-order chi connectivity index (χ0) is 18.9. The molecule has 7 heteroatoms. The summed E-state index contributed by atoms with van der Waals surface area (Å²) in [4.78, 5) is 27.5. The first-order chi connectivity index (χ1) is 13.1. The van der Waals surface area contributed by atoms with E-state index in [2.05, 4.69) is 26.3 Å². The number of carbonyl (C=O) groups is 2. The third kappa shape index (κ3) is 3.04. The molecule has 2 aromatic carbocycles. The molecule has 0 bridgehead atoms. The van der Waals surface area contributed by atoms with Crippen molar-refractivity contribution in [1.29, 1.82) is 0 Å². The van der Waals surface area contributed by atoms with E-state index in [0.717, 1.165) is 15.6 Å². The molecule has 1 saturated heterocycles. The van der Waals surface area contributed by atoms with E-state index < -0.39 is 11.6 Å². The number of urea groups is 1. The van der Waals surface area contributed by atoms with Crippen molar-refractivity contribution in [1.82, 2.24) is 20.0 Å². The highest BCUT2D eigenvalue weighted by molar-refractivity contribution is 9.10. The van der Waals surface area contributed by atoms with Crippen LogP contribution in [0, 0.1) is 0 Å². The summed E-state index contributed by atoms with van der Waals surface area (Å²) in [6, 6.07) is 18.3. The van der Waals surface area contributed by atoms with Crippen LogP contribution in [-0.2, 0) is 16.9 Å². The van der Waals surface area contributed by atoms with Gasteiger partial charge in [0.05, 0.1) is 23.8 Å². The second-order valence-corrected chi connectivity index (χ2v) is 7.21. The van der Waals surface area contributed by atoms with Crippen molar-refractivity contribution >= 4 is 27.9 Å². The van der Waals surface area contributed by atoms with Crippen molar-refractivity contribution in [3.8, 4) is 0 Å². The number of rotatable bonds is 5. The van der Waals surface area contributed by atoms with Crippen LogP contribution in [0.15, 0.2) is 77.5 Å². The van der Waals surface area contributed by atoms with Crippen LogP contribution in [0.5, 0.6) is 0 Å². The molecule has 3 amide bonds. The number of halogens is 1. The molecule has 0 radical (unpaired) electrons. The maximum Gasteiger partial charge on any atom is 0.325 e. The monoisotopic (exact) mass is 424 g/mol. The fourth-order valence-corrected chi connectivity index (χ4v) is 3.70. The molecule has 0 saturated carbocycles. The predicted molar refractivity (Wildman–Crippen MR) is 104 cm³/mol. The molecule has 136 valence electrons. The lowest BCUT2D eigenvalue weighted by atomic mass is 9.82. The highest BCUT2D eigenvalue weighted by Crippen LogP contribution is 2.35. The zero-order valence-corrected chi connectivity index (χ0v) is 16.0. The van der Waals surface area contributed by atoms with E-state index in [-0.39, 0.29) is 12.5 Å². The van der Waals surface area contributed by atoms with E-state index in [4.69, 9.17) is 0 Å². The molecule has 1 aliphatic rings. The first-order valence-electron chi connectivity index (χ1n) is 8.54. The number of nitrogens with one attached hydrogen (secondary N) is 1. The third-order valence-electron chi connectivity index (χ3n) is 4.67. The van der Waals surface area contributed by atoms with Gasteiger partial charge in [-0.1, -0.05) is 60.7 Å². The van der Waals surface area contributed by atoms with E-state index in [0.29, 0.717) is 6.54 Å². The molecule has 1 aromatic heterocycles. The molecule has 0 spiro atoms. The number of hydrogen-bond acceptors (Lipinski definition) is 3. The van der Waals surface area contributed by atoms with Crippen molar-refractivity contribution in [2.45, 2.75) is 12.1 Å². The van der Waals surface area contributed by atoms with Crippen molar-refractivity contribution < 1.29 is 9.59 Å². The molecule has 1 fully saturated rings. The Morgan fingerprint density at radius 3 is 2.04 bits per heavy atom. The van der Waals surface area contributed by atoms with Crippen molar-refractivity contribution in [3.63, 3.8) is 0 Å². The maximum absolute atomic E-state index is 13.5. The first kappa shape index (κ1) is 17.5. The number of carbonyl (C=O) groups excluding carboxylic acids is 2. The summed E-state index contributed by atoms with van der Waals surface area (Å²) in [5.41, 5.74) is 0.252. The predicted octanol–water partition coefficient (Wildman–Crippen LogP) is 3.14. The highest BCUT2D eigenvalue weighted by Gasteiger charge is 2.53. The Bertz CT molecular complexity index is 932. The van der Waals surface area contributed by atoms with Crippen LogP contribution in [0.1, 0.15) is 11.1 Å². The fourth-order valence-electron chi connectivity index (χ4n) is 3.38. The van der Waals surface area contributed by atoms with Gasteiger partial charge >= 0.3 is 6.03 Å².